The van der Waals surface area contributed by atoms with Crippen molar-refractivity contribution in [2.45, 2.75) is 207 Å². The van der Waals surface area contributed by atoms with E-state index in [0.717, 1.165) is 154 Å². The Morgan fingerprint density at radius 3 is 0.969 bits per heavy atom. The Morgan fingerprint density at radius 2 is 0.600 bits per heavy atom. The normalized spacial score (nSPS) is 13.2. The van der Waals surface area contributed by atoms with Crippen molar-refractivity contribution in [1.82, 2.24) is 0 Å². The van der Waals surface area contributed by atoms with Crippen molar-refractivity contribution in [3.05, 3.63) is 134 Å². The average Bonchev–Trinajstić information content (AvgIpc) is 3.30. The first-order valence-corrected chi connectivity index (χ1v) is 25.7. The summed E-state index contributed by atoms with van der Waals surface area (Å²) in [4.78, 5) is 37.6. The first-order chi connectivity index (χ1) is 32.0. The number of unbranched alkanes of at least 4 members (excludes halogenated alkanes) is 11. The third-order valence-corrected chi connectivity index (χ3v) is 10.2. The molecule has 6 nitrogen and oxygen atoms in total. The predicted molar refractivity (Wildman–Crippen MR) is 279 cm³/mol. The fourth-order valence-electron chi connectivity index (χ4n) is 6.35. The lowest BCUT2D eigenvalue weighted by Crippen LogP contribution is -2.30. The second-order valence-electron chi connectivity index (χ2n) is 16.3. The molecule has 0 aliphatic rings. The molecule has 0 rings (SSSR count). The number of rotatable bonds is 44. The Morgan fingerprint density at radius 1 is 0.323 bits per heavy atom. The number of carbonyl (C=O) groups is 3. The molecule has 0 aliphatic heterocycles. The Bertz CT molecular complexity index is 1450. The minimum atomic E-state index is -0.808. The summed E-state index contributed by atoms with van der Waals surface area (Å²) in [5, 5.41) is 0. The van der Waals surface area contributed by atoms with Gasteiger partial charge in [0.05, 0.1) is 0 Å². The summed E-state index contributed by atoms with van der Waals surface area (Å²) >= 11 is 0. The number of carbonyl (C=O) groups excluding carboxylic acids is 3. The summed E-state index contributed by atoms with van der Waals surface area (Å²) in [5.41, 5.74) is 0. The van der Waals surface area contributed by atoms with Crippen molar-refractivity contribution < 1.29 is 28.6 Å². The van der Waals surface area contributed by atoms with Gasteiger partial charge in [-0.3, -0.25) is 14.4 Å². The Hall–Kier alpha value is -4.45. The fraction of sp³-hybridized carbons (Fsp3) is 0.576. The predicted octanol–water partition coefficient (Wildman–Crippen LogP) is 17.1. The Kier molecular flexibility index (Phi) is 48.6. The van der Waals surface area contributed by atoms with E-state index in [2.05, 4.69) is 154 Å². The second-order valence-corrected chi connectivity index (χ2v) is 16.3. The van der Waals surface area contributed by atoms with Crippen LogP contribution < -0.4 is 0 Å². The summed E-state index contributed by atoms with van der Waals surface area (Å²) in [7, 11) is 0. The van der Waals surface area contributed by atoms with Crippen LogP contribution in [0.1, 0.15) is 201 Å². The van der Waals surface area contributed by atoms with Crippen LogP contribution in [0.15, 0.2) is 134 Å². The van der Waals surface area contributed by atoms with Crippen LogP contribution in [0.5, 0.6) is 0 Å². The van der Waals surface area contributed by atoms with Crippen LogP contribution in [-0.2, 0) is 28.6 Å². The summed E-state index contributed by atoms with van der Waals surface area (Å²) < 4.78 is 16.6. The molecule has 0 aliphatic carbocycles. The average molecular weight is 897 g/mol. The van der Waals surface area contributed by atoms with Crippen molar-refractivity contribution in [2.75, 3.05) is 13.2 Å². The van der Waals surface area contributed by atoms with Crippen LogP contribution in [0.3, 0.4) is 0 Å². The van der Waals surface area contributed by atoms with Crippen molar-refractivity contribution in [1.29, 1.82) is 0 Å². The summed E-state index contributed by atoms with van der Waals surface area (Å²) in [6.45, 7) is 6.24. The molecule has 0 saturated carbocycles. The number of allylic oxidation sites excluding steroid dienone is 22. The maximum Gasteiger partial charge on any atom is 0.306 e. The standard InChI is InChI=1S/C59H92O6/c1-4-7-10-13-15-17-19-21-23-24-25-26-27-28-29-30-31-32-33-34-36-37-39-41-43-46-49-52-58(61)64-55-56(54-63-57(60)51-48-45-12-9-6-3)65-59(62)53-50-47-44-42-40-38-35-22-20-18-16-14-11-8-5-2/h7-8,10-11,15-18,21-23,25-26,28-29,31-32,34-36,40,42,56H,4-6,9,12-14,19-20,24,27,30,33,37-39,41,43-55H2,1-3H3/b10-7-,11-8-,17-15-,18-16-,23-21-,26-25-,29-28-,32-31-,35-22-,36-34-,42-40-. The SMILES string of the molecule is CC/C=C\C/C=C\C/C=C\C/C=C\C/C=C\C/C=C\C/C=C\CCCCCCCC(=O)OCC(COC(=O)CCCCCCC)OC(=O)CCCC/C=C\C/C=C\C/C=C\C/C=C\CC. The van der Waals surface area contributed by atoms with Crippen LogP contribution in [0.25, 0.3) is 0 Å². The van der Waals surface area contributed by atoms with Gasteiger partial charge in [-0.15, -0.1) is 0 Å². The van der Waals surface area contributed by atoms with E-state index < -0.39 is 6.10 Å². The minimum Gasteiger partial charge on any atom is -0.462 e. The molecule has 0 heterocycles. The van der Waals surface area contributed by atoms with Crippen LogP contribution in [-0.4, -0.2) is 37.2 Å². The molecule has 0 amide bonds. The fourth-order valence-corrected chi connectivity index (χ4v) is 6.35. The quantitative estimate of drug-likeness (QED) is 0.0262. The molecule has 0 aromatic rings. The highest BCUT2D eigenvalue weighted by atomic mass is 16.6. The summed E-state index contributed by atoms with van der Waals surface area (Å²) in [6, 6.07) is 0. The van der Waals surface area contributed by atoms with Gasteiger partial charge in [0.2, 0.25) is 0 Å². The lowest BCUT2D eigenvalue weighted by molar-refractivity contribution is -0.167. The molecule has 0 aromatic heterocycles. The van der Waals surface area contributed by atoms with Crippen LogP contribution in [0.4, 0.5) is 0 Å². The number of hydrogen-bond acceptors (Lipinski definition) is 6. The van der Waals surface area contributed by atoms with Crippen LogP contribution in [0.2, 0.25) is 0 Å². The molecular weight excluding hydrogens is 805 g/mol. The third-order valence-electron chi connectivity index (χ3n) is 10.2. The monoisotopic (exact) mass is 897 g/mol. The van der Waals surface area contributed by atoms with E-state index in [4.69, 9.17) is 14.2 Å². The van der Waals surface area contributed by atoms with Crippen LogP contribution >= 0.6 is 0 Å². The molecule has 0 fully saturated rings. The highest BCUT2D eigenvalue weighted by Gasteiger charge is 2.19. The molecule has 0 saturated heterocycles. The molecule has 1 atom stereocenters. The smallest absolute Gasteiger partial charge is 0.306 e. The van der Waals surface area contributed by atoms with Crippen molar-refractivity contribution >= 4 is 17.9 Å². The van der Waals surface area contributed by atoms with Gasteiger partial charge in [0.25, 0.3) is 0 Å². The van der Waals surface area contributed by atoms with Gasteiger partial charge in [0.1, 0.15) is 13.2 Å². The number of ether oxygens (including phenoxy) is 3. The van der Waals surface area contributed by atoms with E-state index in [1.807, 2.05) is 0 Å². The summed E-state index contributed by atoms with van der Waals surface area (Å²) in [6.07, 6.45) is 73.4. The van der Waals surface area contributed by atoms with E-state index in [1.165, 1.54) is 0 Å². The van der Waals surface area contributed by atoms with Gasteiger partial charge in [-0.05, 0) is 116 Å². The maximum atomic E-state index is 12.7. The summed E-state index contributed by atoms with van der Waals surface area (Å²) in [5.74, 6) is -0.994. The van der Waals surface area contributed by atoms with Gasteiger partial charge >= 0.3 is 17.9 Å². The molecule has 0 radical (unpaired) electrons. The molecule has 65 heavy (non-hydrogen) atoms. The minimum absolute atomic E-state index is 0.107. The van der Waals surface area contributed by atoms with Gasteiger partial charge < -0.3 is 14.2 Å². The van der Waals surface area contributed by atoms with Gasteiger partial charge in [0.15, 0.2) is 6.10 Å². The van der Waals surface area contributed by atoms with Gasteiger partial charge in [-0.25, -0.2) is 0 Å². The molecule has 0 aromatic carbocycles. The molecule has 6 heteroatoms. The van der Waals surface area contributed by atoms with E-state index in [0.29, 0.717) is 19.3 Å². The Labute approximate surface area is 398 Å². The van der Waals surface area contributed by atoms with E-state index >= 15 is 0 Å². The zero-order chi connectivity index (χ0) is 47.2. The Balaban J connectivity index is 4.25. The number of hydrogen-bond donors (Lipinski definition) is 0. The molecular formula is C59H92O6. The van der Waals surface area contributed by atoms with Crippen molar-refractivity contribution in [3.63, 3.8) is 0 Å². The molecule has 0 bridgehead atoms. The third kappa shape index (κ3) is 50.4. The lowest BCUT2D eigenvalue weighted by Gasteiger charge is -2.18. The largest absolute Gasteiger partial charge is 0.462 e. The van der Waals surface area contributed by atoms with Crippen molar-refractivity contribution in [3.8, 4) is 0 Å². The highest BCUT2D eigenvalue weighted by molar-refractivity contribution is 5.71. The first kappa shape index (κ1) is 60.5. The molecule has 364 valence electrons. The first-order valence-electron chi connectivity index (χ1n) is 25.7. The van der Waals surface area contributed by atoms with Gasteiger partial charge in [0, 0.05) is 19.3 Å². The van der Waals surface area contributed by atoms with E-state index in [1.54, 1.807) is 0 Å². The van der Waals surface area contributed by atoms with Gasteiger partial charge in [-0.2, -0.15) is 0 Å². The molecule has 1 unspecified atom stereocenters. The molecule has 0 N–H and O–H groups in total. The lowest BCUT2D eigenvalue weighted by atomic mass is 10.1. The van der Waals surface area contributed by atoms with Crippen LogP contribution in [0, 0.1) is 0 Å². The maximum absolute atomic E-state index is 12.7. The topological polar surface area (TPSA) is 78.9 Å². The van der Waals surface area contributed by atoms with E-state index in [9.17, 15) is 14.4 Å². The highest BCUT2D eigenvalue weighted by Crippen LogP contribution is 2.11. The van der Waals surface area contributed by atoms with Gasteiger partial charge in [-0.1, -0.05) is 199 Å². The molecule has 0 spiro atoms. The van der Waals surface area contributed by atoms with Crippen molar-refractivity contribution in [2.24, 2.45) is 0 Å². The number of esters is 3. The zero-order valence-corrected chi connectivity index (χ0v) is 41.4. The van der Waals surface area contributed by atoms with E-state index in [-0.39, 0.29) is 37.5 Å². The second kappa shape index (κ2) is 52.2. The zero-order valence-electron chi connectivity index (χ0n) is 41.4.